The van der Waals surface area contributed by atoms with Gasteiger partial charge in [-0.3, -0.25) is 14.4 Å². The van der Waals surface area contributed by atoms with Gasteiger partial charge in [0, 0.05) is 67.9 Å². The lowest BCUT2D eigenvalue weighted by Crippen LogP contribution is -2.39. The zero-order chi connectivity index (χ0) is 30.4. The van der Waals surface area contributed by atoms with Crippen LogP contribution < -0.4 is 21.1 Å². The van der Waals surface area contributed by atoms with Crippen molar-refractivity contribution in [2.24, 2.45) is 7.05 Å². The molecule has 44 heavy (non-hydrogen) atoms. The number of thiophene rings is 1. The molecule has 1 aliphatic carbocycles. The van der Waals surface area contributed by atoms with E-state index >= 15 is 0 Å². The van der Waals surface area contributed by atoms with Gasteiger partial charge in [0.2, 0.25) is 0 Å². The summed E-state index contributed by atoms with van der Waals surface area (Å²) in [5, 5.41) is 6.48. The summed E-state index contributed by atoms with van der Waals surface area (Å²) in [7, 11) is 1.71. The molecular weight excluding hydrogens is 574 g/mol. The van der Waals surface area contributed by atoms with E-state index < -0.39 is 5.97 Å². The number of hydrogen-bond donors (Lipinski definition) is 2. The first kappa shape index (κ1) is 28.5. The fourth-order valence-corrected chi connectivity index (χ4v) is 7.89. The minimum Gasteiger partial charge on any atom is -0.461 e. The van der Waals surface area contributed by atoms with Crippen molar-refractivity contribution in [1.82, 2.24) is 14.9 Å². The average molecular weight is 610 g/mol. The van der Waals surface area contributed by atoms with Gasteiger partial charge in [-0.1, -0.05) is 18.2 Å². The van der Waals surface area contributed by atoms with Crippen molar-refractivity contribution in [3.05, 3.63) is 91.2 Å². The zero-order valence-electron chi connectivity index (χ0n) is 24.9. The Hall–Kier alpha value is -4.28. The number of aromatic nitrogens is 2. The van der Waals surface area contributed by atoms with E-state index in [9.17, 15) is 14.4 Å². The Morgan fingerprint density at radius 1 is 1.11 bits per heavy atom. The number of anilines is 3. The van der Waals surface area contributed by atoms with Crippen LogP contribution in [0.15, 0.2) is 53.6 Å². The number of pyridine rings is 2. The van der Waals surface area contributed by atoms with E-state index in [4.69, 9.17) is 4.74 Å². The molecular formula is C34H35N5O4S. The number of esters is 1. The summed E-state index contributed by atoms with van der Waals surface area (Å²) in [5.74, 6) is 0.651. The maximum atomic E-state index is 14.0. The van der Waals surface area contributed by atoms with Crippen molar-refractivity contribution in [3.8, 4) is 11.1 Å². The molecule has 3 aromatic heterocycles. The first-order valence-electron chi connectivity index (χ1n) is 15.2. The van der Waals surface area contributed by atoms with Crippen molar-refractivity contribution >= 4 is 40.4 Å². The number of benzene rings is 1. The summed E-state index contributed by atoms with van der Waals surface area (Å²) in [5.41, 5.74) is 6.96. The molecule has 2 aliphatic heterocycles. The van der Waals surface area contributed by atoms with Crippen LogP contribution in [0.3, 0.4) is 0 Å². The number of aryl methyl sites for hydroxylation is 2. The number of carbonyl (C=O) groups is 2. The van der Waals surface area contributed by atoms with E-state index in [1.54, 1.807) is 30.6 Å². The van der Waals surface area contributed by atoms with Gasteiger partial charge in [0.1, 0.15) is 18.1 Å². The van der Waals surface area contributed by atoms with E-state index in [1.165, 1.54) is 45.9 Å². The molecule has 1 fully saturated rings. The molecule has 0 bridgehead atoms. The number of carbonyl (C=O) groups excluding carboxylic acids is 2. The van der Waals surface area contributed by atoms with Crippen LogP contribution in [0.2, 0.25) is 0 Å². The van der Waals surface area contributed by atoms with Crippen LogP contribution in [0.5, 0.6) is 0 Å². The van der Waals surface area contributed by atoms with Crippen molar-refractivity contribution in [2.75, 3.05) is 29.9 Å². The molecule has 2 N–H and O–H groups in total. The van der Waals surface area contributed by atoms with Gasteiger partial charge in [-0.2, -0.15) is 0 Å². The summed E-state index contributed by atoms with van der Waals surface area (Å²) in [6.07, 6.45) is 8.90. The molecule has 5 heterocycles. The summed E-state index contributed by atoms with van der Waals surface area (Å²) < 4.78 is 7.07. The minimum absolute atomic E-state index is 0.00176. The molecule has 0 unspecified atom stereocenters. The number of fused-ring (bicyclic) bond motifs is 3. The van der Waals surface area contributed by atoms with Crippen molar-refractivity contribution in [2.45, 2.75) is 51.6 Å². The third kappa shape index (κ3) is 5.22. The van der Waals surface area contributed by atoms with Gasteiger partial charge in [-0.15, -0.1) is 11.3 Å². The largest absolute Gasteiger partial charge is 0.461 e. The fourth-order valence-electron chi connectivity index (χ4n) is 6.50. The minimum atomic E-state index is -0.404. The van der Waals surface area contributed by atoms with Crippen LogP contribution in [-0.4, -0.2) is 41.1 Å². The summed E-state index contributed by atoms with van der Waals surface area (Å²) in [6, 6.07) is 11.5. The van der Waals surface area contributed by atoms with Gasteiger partial charge in [0.05, 0.1) is 10.6 Å². The highest BCUT2D eigenvalue weighted by Gasteiger charge is 2.33. The highest BCUT2D eigenvalue weighted by Crippen LogP contribution is 2.40. The lowest BCUT2D eigenvalue weighted by atomic mass is 9.91. The fraction of sp³-hybridized carbons (Fsp3) is 0.353. The maximum absolute atomic E-state index is 14.0. The Labute approximate surface area is 259 Å². The number of ether oxygens (including phenoxy) is 1. The van der Waals surface area contributed by atoms with Gasteiger partial charge >= 0.3 is 5.97 Å². The predicted octanol–water partition coefficient (Wildman–Crippen LogP) is 5.08. The smallest absolute Gasteiger partial charge is 0.302 e. The molecule has 7 rings (SSSR count). The standard InChI is InChI=1S/C34H35N5O4S/c1-20(40)43-19-27-24(7-5-8-29(27)39-13-12-26-25-6-3-4-9-30(25)44-32(26)34(39)42)22-14-28(33(41)38(2)18-22)37-31-11-10-21(17-36-31)23-15-35-16-23/h5,7-8,10-11,14,17-18,23,35H,3-4,6,9,12-13,15-16,19H2,1-2H3,(H,36,37). The van der Waals surface area contributed by atoms with Gasteiger partial charge in [-0.25, -0.2) is 4.98 Å². The molecule has 0 spiro atoms. The topological polar surface area (TPSA) is 106 Å². The van der Waals surface area contributed by atoms with Gasteiger partial charge in [0.25, 0.3) is 11.5 Å². The molecule has 1 amide bonds. The Bertz CT molecular complexity index is 1820. The Morgan fingerprint density at radius 2 is 1.95 bits per heavy atom. The number of hydrogen-bond acceptors (Lipinski definition) is 8. The normalized spacial score (nSPS) is 16.2. The lowest BCUT2D eigenvalue weighted by Gasteiger charge is -2.30. The van der Waals surface area contributed by atoms with Crippen LogP contribution >= 0.6 is 11.3 Å². The van der Waals surface area contributed by atoms with Crippen molar-refractivity contribution in [1.29, 1.82) is 0 Å². The molecule has 1 saturated heterocycles. The molecule has 0 saturated carbocycles. The maximum Gasteiger partial charge on any atom is 0.302 e. The molecule has 0 radical (unpaired) electrons. The van der Waals surface area contributed by atoms with Crippen LogP contribution in [-0.2, 0) is 42.4 Å². The van der Waals surface area contributed by atoms with E-state index in [0.29, 0.717) is 24.0 Å². The molecule has 4 aromatic rings. The number of nitrogens with one attached hydrogen (secondary N) is 2. The molecule has 10 heteroatoms. The SMILES string of the molecule is CC(=O)OCc1c(-c2cc(Nc3ccc(C4CNC4)cn3)c(=O)n(C)c2)cccc1N1CCc2c(sc3c2CCCC3)C1=O. The molecule has 1 aromatic carbocycles. The van der Waals surface area contributed by atoms with Gasteiger partial charge in [0.15, 0.2) is 0 Å². The number of amides is 1. The summed E-state index contributed by atoms with van der Waals surface area (Å²) in [4.78, 5) is 47.7. The van der Waals surface area contributed by atoms with E-state index in [-0.39, 0.29) is 18.1 Å². The van der Waals surface area contributed by atoms with Crippen LogP contribution in [0.1, 0.15) is 62.5 Å². The van der Waals surface area contributed by atoms with Gasteiger partial charge in [-0.05, 0) is 72.6 Å². The summed E-state index contributed by atoms with van der Waals surface area (Å²) in [6.45, 7) is 3.84. The third-order valence-electron chi connectivity index (χ3n) is 8.96. The van der Waals surface area contributed by atoms with Crippen LogP contribution in [0.4, 0.5) is 17.2 Å². The first-order chi connectivity index (χ1) is 21.4. The second-order valence-electron chi connectivity index (χ2n) is 11.8. The van der Waals surface area contributed by atoms with Crippen LogP contribution in [0, 0.1) is 0 Å². The average Bonchev–Trinajstić information content (AvgIpc) is 3.38. The molecule has 3 aliphatic rings. The quantitative estimate of drug-likeness (QED) is 0.282. The third-order valence-corrected chi connectivity index (χ3v) is 10.3. The first-order valence-corrected chi connectivity index (χ1v) is 16.0. The van der Waals surface area contributed by atoms with E-state index in [0.717, 1.165) is 59.6 Å². The highest BCUT2D eigenvalue weighted by atomic mass is 32.1. The zero-order valence-corrected chi connectivity index (χ0v) is 25.8. The monoisotopic (exact) mass is 609 g/mol. The predicted molar refractivity (Wildman–Crippen MR) is 172 cm³/mol. The van der Waals surface area contributed by atoms with E-state index in [1.807, 2.05) is 41.4 Å². The van der Waals surface area contributed by atoms with Gasteiger partial charge < -0.3 is 24.8 Å². The van der Waals surface area contributed by atoms with Crippen molar-refractivity contribution in [3.63, 3.8) is 0 Å². The lowest BCUT2D eigenvalue weighted by molar-refractivity contribution is -0.142. The Balaban J connectivity index is 1.25. The van der Waals surface area contributed by atoms with E-state index in [2.05, 4.69) is 15.6 Å². The Morgan fingerprint density at radius 3 is 2.70 bits per heavy atom. The number of rotatable bonds is 7. The molecule has 0 atom stereocenters. The highest BCUT2D eigenvalue weighted by molar-refractivity contribution is 7.14. The Kier molecular flexibility index (Phi) is 7.55. The molecule has 9 nitrogen and oxygen atoms in total. The summed E-state index contributed by atoms with van der Waals surface area (Å²) >= 11 is 1.65. The van der Waals surface area contributed by atoms with Crippen molar-refractivity contribution < 1.29 is 14.3 Å². The second kappa shape index (κ2) is 11.7. The number of nitrogens with zero attached hydrogens (tertiary/aromatic N) is 3. The molecule has 226 valence electrons. The van der Waals surface area contributed by atoms with Crippen LogP contribution in [0.25, 0.3) is 11.1 Å². The second-order valence-corrected chi connectivity index (χ2v) is 12.9.